The lowest BCUT2D eigenvalue weighted by Gasteiger charge is -2.07. The van der Waals surface area contributed by atoms with Crippen LogP contribution in [-0.4, -0.2) is 18.8 Å². The molecule has 88 valence electrons. The Morgan fingerprint density at radius 3 is 2.94 bits per heavy atom. The predicted molar refractivity (Wildman–Crippen MR) is 69.4 cm³/mol. The number of thioether (sulfide) groups is 1. The number of nitrogens with two attached hydrogens (primary N) is 1. The minimum atomic E-state index is -0.182. The highest BCUT2D eigenvalue weighted by Crippen LogP contribution is 2.26. The Balaban J connectivity index is 2.56. The molecule has 16 heavy (non-hydrogen) atoms. The molecule has 0 aromatic heterocycles. The number of esters is 1. The number of hydrogen-bond donors (Lipinski definition) is 1. The number of carbonyl (C=O) groups excluding carboxylic acids is 1. The Labute approximate surface area is 108 Å². The van der Waals surface area contributed by atoms with E-state index in [2.05, 4.69) is 20.7 Å². The van der Waals surface area contributed by atoms with E-state index in [1.165, 1.54) is 7.11 Å². The minimum absolute atomic E-state index is 0.182. The third-order valence-corrected chi connectivity index (χ3v) is 3.64. The fourth-order valence-electron chi connectivity index (χ4n) is 1.19. The molecule has 0 fully saturated rings. The molecule has 0 amide bonds. The molecular formula is C11H14BrNO2S. The second kappa shape index (κ2) is 6.93. The highest BCUT2D eigenvalue weighted by molar-refractivity contribution is 9.10. The van der Waals surface area contributed by atoms with Gasteiger partial charge in [-0.2, -0.15) is 0 Å². The average molecular weight is 304 g/mol. The molecular weight excluding hydrogens is 290 g/mol. The van der Waals surface area contributed by atoms with Crippen LogP contribution in [0.2, 0.25) is 0 Å². The third-order valence-electron chi connectivity index (χ3n) is 2.03. The van der Waals surface area contributed by atoms with Gasteiger partial charge in [-0.15, -0.1) is 11.8 Å². The van der Waals surface area contributed by atoms with Gasteiger partial charge < -0.3 is 10.5 Å². The molecule has 1 rings (SSSR count). The van der Waals surface area contributed by atoms with Gasteiger partial charge in [0.2, 0.25) is 0 Å². The molecule has 0 atom stereocenters. The maximum absolute atomic E-state index is 10.9. The summed E-state index contributed by atoms with van der Waals surface area (Å²) < 4.78 is 5.60. The number of hydrogen-bond acceptors (Lipinski definition) is 4. The van der Waals surface area contributed by atoms with Crippen molar-refractivity contribution >= 4 is 33.7 Å². The van der Waals surface area contributed by atoms with Crippen molar-refractivity contribution in [3.8, 4) is 0 Å². The average Bonchev–Trinajstić information content (AvgIpc) is 2.30. The van der Waals surface area contributed by atoms with Gasteiger partial charge in [-0.3, -0.25) is 4.79 Å². The smallest absolute Gasteiger partial charge is 0.306 e. The molecule has 0 saturated heterocycles. The van der Waals surface area contributed by atoms with Gasteiger partial charge in [0.05, 0.1) is 13.5 Å². The largest absolute Gasteiger partial charge is 0.469 e. The van der Waals surface area contributed by atoms with Crippen molar-refractivity contribution in [1.82, 2.24) is 0 Å². The van der Waals surface area contributed by atoms with Crippen LogP contribution in [0.15, 0.2) is 27.6 Å². The van der Waals surface area contributed by atoms with Crippen molar-refractivity contribution in [1.29, 1.82) is 0 Å². The summed E-state index contributed by atoms with van der Waals surface area (Å²) >= 11 is 5.02. The molecule has 1 aromatic rings. The van der Waals surface area contributed by atoms with Gasteiger partial charge in [0.25, 0.3) is 0 Å². The van der Waals surface area contributed by atoms with E-state index in [0.717, 1.165) is 14.9 Å². The first-order valence-electron chi connectivity index (χ1n) is 4.85. The summed E-state index contributed by atoms with van der Waals surface area (Å²) in [6, 6.07) is 5.98. The zero-order valence-corrected chi connectivity index (χ0v) is 11.4. The van der Waals surface area contributed by atoms with E-state index in [-0.39, 0.29) is 5.97 Å². The van der Waals surface area contributed by atoms with E-state index in [4.69, 9.17) is 5.73 Å². The number of methoxy groups -OCH3 is 1. The fraction of sp³-hybridized carbons (Fsp3) is 0.364. The number of ether oxygens (including phenoxy) is 1. The molecule has 0 aliphatic carbocycles. The normalized spacial score (nSPS) is 10.2. The Kier molecular flexibility index (Phi) is 5.87. The Morgan fingerprint density at radius 1 is 1.56 bits per heavy atom. The van der Waals surface area contributed by atoms with Gasteiger partial charge >= 0.3 is 5.97 Å². The second-order valence-electron chi connectivity index (χ2n) is 3.13. The molecule has 5 heteroatoms. The summed E-state index contributed by atoms with van der Waals surface area (Å²) in [6.45, 7) is 0.500. The van der Waals surface area contributed by atoms with Crippen LogP contribution in [0.1, 0.15) is 12.0 Å². The van der Waals surface area contributed by atoms with Gasteiger partial charge in [0, 0.05) is 21.7 Å². The van der Waals surface area contributed by atoms with Crippen LogP contribution < -0.4 is 5.73 Å². The summed E-state index contributed by atoms with van der Waals surface area (Å²) in [5.74, 6) is 0.528. The maximum Gasteiger partial charge on any atom is 0.306 e. The molecule has 0 unspecified atom stereocenters. The van der Waals surface area contributed by atoms with E-state index < -0.39 is 0 Å². The predicted octanol–water partition coefficient (Wildman–Crippen LogP) is 2.56. The first-order valence-corrected chi connectivity index (χ1v) is 6.63. The Bertz CT molecular complexity index is 371. The van der Waals surface area contributed by atoms with Crippen LogP contribution in [-0.2, 0) is 16.1 Å². The summed E-state index contributed by atoms with van der Waals surface area (Å²) in [4.78, 5) is 12.1. The highest BCUT2D eigenvalue weighted by Gasteiger charge is 2.05. The molecule has 1 aromatic carbocycles. The quantitative estimate of drug-likeness (QED) is 0.671. The lowest BCUT2D eigenvalue weighted by Crippen LogP contribution is -2.02. The first kappa shape index (κ1) is 13.5. The van der Waals surface area contributed by atoms with Crippen molar-refractivity contribution in [2.24, 2.45) is 5.73 Å². The van der Waals surface area contributed by atoms with Gasteiger partial charge in [0.1, 0.15) is 0 Å². The minimum Gasteiger partial charge on any atom is -0.469 e. The Morgan fingerprint density at radius 2 is 2.31 bits per heavy atom. The van der Waals surface area contributed by atoms with Crippen molar-refractivity contribution < 1.29 is 9.53 Å². The maximum atomic E-state index is 10.9. The van der Waals surface area contributed by atoms with Crippen LogP contribution in [0.25, 0.3) is 0 Å². The summed E-state index contributed by atoms with van der Waals surface area (Å²) in [5, 5.41) is 0. The summed E-state index contributed by atoms with van der Waals surface area (Å²) in [7, 11) is 1.40. The van der Waals surface area contributed by atoms with Gasteiger partial charge in [-0.1, -0.05) is 15.9 Å². The number of benzene rings is 1. The Hall–Kier alpha value is -0.520. The monoisotopic (exact) mass is 303 g/mol. The van der Waals surface area contributed by atoms with Crippen molar-refractivity contribution in [2.45, 2.75) is 17.9 Å². The van der Waals surface area contributed by atoms with E-state index in [1.807, 2.05) is 18.2 Å². The fourth-order valence-corrected chi connectivity index (χ4v) is 2.58. The SMILES string of the molecule is COC(=O)CCSc1ccc(Br)cc1CN. The topological polar surface area (TPSA) is 52.3 Å². The molecule has 0 aliphatic heterocycles. The van der Waals surface area contributed by atoms with Crippen molar-refractivity contribution in [3.63, 3.8) is 0 Å². The van der Waals surface area contributed by atoms with Gasteiger partial charge in [-0.25, -0.2) is 0 Å². The zero-order chi connectivity index (χ0) is 12.0. The van der Waals surface area contributed by atoms with Gasteiger partial charge in [-0.05, 0) is 23.8 Å². The van der Waals surface area contributed by atoms with Crippen LogP contribution in [0.3, 0.4) is 0 Å². The lowest BCUT2D eigenvalue weighted by molar-refractivity contribution is -0.140. The van der Waals surface area contributed by atoms with Crippen molar-refractivity contribution in [3.05, 3.63) is 28.2 Å². The number of rotatable bonds is 5. The highest BCUT2D eigenvalue weighted by atomic mass is 79.9. The molecule has 3 nitrogen and oxygen atoms in total. The van der Waals surface area contributed by atoms with E-state index in [9.17, 15) is 4.79 Å². The number of carbonyl (C=O) groups is 1. The molecule has 2 N–H and O–H groups in total. The van der Waals surface area contributed by atoms with Crippen LogP contribution >= 0.6 is 27.7 Å². The zero-order valence-electron chi connectivity index (χ0n) is 9.03. The van der Waals surface area contributed by atoms with E-state index in [1.54, 1.807) is 11.8 Å². The van der Waals surface area contributed by atoms with Crippen LogP contribution in [0.5, 0.6) is 0 Å². The lowest BCUT2D eigenvalue weighted by atomic mass is 10.2. The molecule has 0 radical (unpaired) electrons. The number of halogens is 1. The molecule has 0 aliphatic rings. The summed E-state index contributed by atoms with van der Waals surface area (Å²) in [5.41, 5.74) is 6.74. The van der Waals surface area contributed by atoms with Gasteiger partial charge in [0.15, 0.2) is 0 Å². The van der Waals surface area contributed by atoms with Crippen LogP contribution in [0.4, 0.5) is 0 Å². The molecule has 0 spiro atoms. The first-order chi connectivity index (χ1) is 7.67. The van der Waals surface area contributed by atoms with Crippen LogP contribution in [0, 0.1) is 0 Å². The second-order valence-corrected chi connectivity index (χ2v) is 5.18. The third kappa shape index (κ3) is 4.15. The standard InChI is InChI=1S/C11H14BrNO2S/c1-15-11(14)4-5-16-10-3-2-9(12)6-8(10)7-13/h2-3,6H,4-5,7,13H2,1H3. The molecule has 0 saturated carbocycles. The summed E-state index contributed by atoms with van der Waals surface area (Å²) in [6.07, 6.45) is 0.418. The molecule has 0 bridgehead atoms. The van der Waals surface area contributed by atoms with Crippen molar-refractivity contribution in [2.75, 3.05) is 12.9 Å². The van der Waals surface area contributed by atoms with E-state index in [0.29, 0.717) is 18.7 Å². The van der Waals surface area contributed by atoms with E-state index >= 15 is 0 Å². The molecule has 0 heterocycles.